The molecule has 0 atom stereocenters. The van der Waals surface area contributed by atoms with Gasteiger partial charge in [-0.3, -0.25) is 4.68 Å². The summed E-state index contributed by atoms with van der Waals surface area (Å²) >= 11 is 3.36. The Hall–Kier alpha value is -1.34. The lowest BCUT2D eigenvalue weighted by molar-refractivity contribution is 0.767. The van der Waals surface area contributed by atoms with Crippen LogP contribution >= 0.6 is 15.9 Å². The first kappa shape index (κ1) is 11.7. The molecule has 0 saturated heterocycles. The van der Waals surface area contributed by atoms with Crippen molar-refractivity contribution < 1.29 is 0 Å². The molecule has 2 aromatic rings. The number of hydrogen-bond donors (Lipinski definition) is 0. The molecule has 0 fully saturated rings. The third-order valence-electron chi connectivity index (χ3n) is 1.90. The van der Waals surface area contributed by atoms with Crippen molar-refractivity contribution in [1.29, 1.82) is 5.26 Å². The summed E-state index contributed by atoms with van der Waals surface area (Å²) in [6, 6.07) is 7.82. The molecule has 3 nitrogen and oxygen atoms in total. The summed E-state index contributed by atoms with van der Waals surface area (Å²) in [5.41, 5.74) is 1.44. The summed E-state index contributed by atoms with van der Waals surface area (Å²) in [7, 11) is 1.77. The van der Waals surface area contributed by atoms with Crippen LogP contribution in [-0.4, -0.2) is 9.78 Å². The van der Waals surface area contributed by atoms with Gasteiger partial charge in [0.25, 0.3) is 0 Å². The van der Waals surface area contributed by atoms with Gasteiger partial charge in [0, 0.05) is 16.9 Å². The smallest absolute Gasteiger partial charge is 0.146 e. The van der Waals surface area contributed by atoms with E-state index in [1.165, 1.54) is 0 Å². The van der Waals surface area contributed by atoms with Gasteiger partial charge in [0.1, 0.15) is 11.8 Å². The molecule has 0 aliphatic rings. The second-order valence-corrected chi connectivity index (χ2v) is 3.66. The van der Waals surface area contributed by atoms with Crippen molar-refractivity contribution in [3.05, 3.63) is 28.4 Å². The van der Waals surface area contributed by atoms with Gasteiger partial charge in [0.15, 0.2) is 0 Å². The van der Waals surface area contributed by atoms with Gasteiger partial charge < -0.3 is 0 Å². The number of nitriles is 1. The average Bonchev–Trinajstić information content (AvgIpc) is 2.55. The monoisotopic (exact) mass is 265 g/mol. The van der Waals surface area contributed by atoms with E-state index < -0.39 is 0 Å². The number of fused-ring (bicyclic) bond motifs is 1. The molecule has 2 rings (SSSR count). The number of benzene rings is 1. The predicted molar refractivity (Wildman–Crippen MR) is 64.5 cm³/mol. The molecule has 4 heteroatoms. The molecule has 0 radical (unpaired) electrons. The number of nitrogens with zero attached hydrogens (tertiary/aromatic N) is 3. The maximum Gasteiger partial charge on any atom is 0.146 e. The molecule has 1 aromatic heterocycles. The van der Waals surface area contributed by atoms with Crippen LogP contribution in [0.25, 0.3) is 10.9 Å². The number of aromatic nitrogens is 2. The van der Waals surface area contributed by atoms with Crippen LogP contribution in [0.1, 0.15) is 19.5 Å². The molecule has 1 aromatic carbocycles. The topological polar surface area (TPSA) is 41.6 Å². The molecule has 15 heavy (non-hydrogen) atoms. The van der Waals surface area contributed by atoms with Crippen molar-refractivity contribution in [3.8, 4) is 6.07 Å². The second-order valence-electron chi connectivity index (χ2n) is 2.75. The largest absolute Gasteiger partial charge is 0.257 e. The van der Waals surface area contributed by atoms with Gasteiger partial charge in [-0.1, -0.05) is 29.8 Å². The fourth-order valence-electron chi connectivity index (χ4n) is 1.31. The maximum atomic E-state index is 8.85. The lowest BCUT2D eigenvalue weighted by Crippen LogP contribution is -1.92. The highest BCUT2D eigenvalue weighted by Gasteiger charge is 2.07. The lowest BCUT2D eigenvalue weighted by atomic mass is 10.2. The molecule has 0 amide bonds. The summed E-state index contributed by atoms with van der Waals surface area (Å²) in [6.45, 7) is 4.00. The fraction of sp³-hybridized carbons (Fsp3) is 0.273. The third kappa shape index (κ3) is 2.18. The normalized spacial score (nSPS) is 9.27. The minimum Gasteiger partial charge on any atom is -0.257 e. The van der Waals surface area contributed by atoms with E-state index >= 15 is 0 Å². The van der Waals surface area contributed by atoms with Gasteiger partial charge in [0.05, 0.1) is 5.52 Å². The van der Waals surface area contributed by atoms with Gasteiger partial charge in [-0.2, -0.15) is 10.4 Å². The van der Waals surface area contributed by atoms with E-state index in [1.807, 2.05) is 32.0 Å². The Kier molecular flexibility index (Phi) is 3.87. The summed E-state index contributed by atoms with van der Waals surface area (Å²) in [5, 5.41) is 14.0. The summed E-state index contributed by atoms with van der Waals surface area (Å²) in [5.74, 6) is 0. The van der Waals surface area contributed by atoms with E-state index in [9.17, 15) is 0 Å². The van der Waals surface area contributed by atoms with Gasteiger partial charge in [0.2, 0.25) is 0 Å². The van der Waals surface area contributed by atoms with Crippen LogP contribution in [0.2, 0.25) is 0 Å². The van der Waals surface area contributed by atoms with E-state index in [0.29, 0.717) is 5.69 Å². The van der Waals surface area contributed by atoms with E-state index in [4.69, 9.17) is 5.26 Å². The number of aryl methyl sites for hydroxylation is 1. The van der Waals surface area contributed by atoms with Crippen molar-refractivity contribution in [2.75, 3.05) is 0 Å². The second kappa shape index (κ2) is 4.94. The van der Waals surface area contributed by atoms with Crippen molar-refractivity contribution >= 4 is 26.8 Å². The highest BCUT2D eigenvalue weighted by Crippen LogP contribution is 2.21. The Morgan fingerprint density at radius 1 is 1.40 bits per heavy atom. The summed E-state index contributed by atoms with van der Waals surface area (Å²) in [6.07, 6.45) is 0. The van der Waals surface area contributed by atoms with E-state index in [1.54, 1.807) is 11.7 Å². The van der Waals surface area contributed by atoms with Crippen molar-refractivity contribution in [2.45, 2.75) is 13.8 Å². The molecule has 0 unspecified atom stereocenters. The number of rotatable bonds is 0. The van der Waals surface area contributed by atoms with Gasteiger partial charge in [-0.15, -0.1) is 0 Å². The Morgan fingerprint density at radius 3 is 2.67 bits per heavy atom. The van der Waals surface area contributed by atoms with Gasteiger partial charge in [-0.05, 0) is 18.2 Å². The first-order valence-electron chi connectivity index (χ1n) is 4.75. The van der Waals surface area contributed by atoms with Crippen LogP contribution < -0.4 is 0 Å². The van der Waals surface area contributed by atoms with Crippen LogP contribution in [0.3, 0.4) is 0 Å². The van der Waals surface area contributed by atoms with Gasteiger partial charge in [-0.25, -0.2) is 0 Å². The first-order valence-corrected chi connectivity index (χ1v) is 5.54. The lowest BCUT2D eigenvalue weighted by Gasteiger charge is -1.89. The fourth-order valence-corrected chi connectivity index (χ4v) is 1.66. The molecule has 0 aliphatic carbocycles. The van der Waals surface area contributed by atoms with Crippen LogP contribution in [-0.2, 0) is 7.05 Å². The van der Waals surface area contributed by atoms with Crippen LogP contribution in [0, 0.1) is 11.3 Å². The molecule has 78 valence electrons. The van der Waals surface area contributed by atoms with Crippen LogP contribution in [0.5, 0.6) is 0 Å². The van der Waals surface area contributed by atoms with Crippen LogP contribution in [0.15, 0.2) is 22.7 Å². The molecule has 0 bridgehead atoms. The summed E-state index contributed by atoms with van der Waals surface area (Å²) in [4.78, 5) is 0. The number of halogens is 1. The van der Waals surface area contributed by atoms with Crippen molar-refractivity contribution in [3.63, 3.8) is 0 Å². The highest BCUT2D eigenvalue weighted by atomic mass is 79.9. The van der Waals surface area contributed by atoms with Crippen molar-refractivity contribution in [2.24, 2.45) is 7.05 Å². The Morgan fingerprint density at radius 2 is 2.07 bits per heavy atom. The summed E-state index contributed by atoms with van der Waals surface area (Å²) < 4.78 is 2.57. The minimum atomic E-state index is 0.600. The molecule has 0 spiro atoms. The molecular weight excluding hydrogens is 254 g/mol. The maximum absolute atomic E-state index is 8.85. The standard InChI is InChI=1S/C9H6BrN3.C2H6/c1-13-9(5-11)7-3-2-6(10)4-8(7)12-13;1-2/h2-4H,1H3;1-2H3. The van der Waals surface area contributed by atoms with E-state index in [0.717, 1.165) is 15.4 Å². The van der Waals surface area contributed by atoms with Gasteiger partial charge >= 0.3 is 0 Å². The van der Waals surface area contributed by atoms with E-state index in [2.05, 4.69) is 27.1 Å². The zero-order valence-corrected chi connectivity index (χ0v) is 10.5. The van der Waals surface area contributed by atoms with Crippen LogP contribution in [0.4, 0.5) is 0 Å². The zero-order chi connectivity index (χ0) is 11.4. The molecule has 0 N–H and O–H groups in total. The third-order valence-corrected chi connectivity index (χ3v) is 2.40. The average molecular weight is 266 g/mol. The quantitative estimate of drug-likeness (QED) is 0.734. The van der Waals surface area contributed by atoms with Crippen molar-refractivity contribution in [1.82, 2.24) is 9.78 Å². The Labute approximate surface area is 97.4 Å². The Balaban J connectivity index is 0.000000531. The predicted octanol–water partition coefficient (Wildman–Crippen LogP) is 3.23. The SMILES string of the molecule is CC.Cn1nc2cc(Br)ccc2c1C#N. The zero-order valence-electron chi connectivity index (χ0n) is 8.95. The molecule has 1 heterocycles. The Bertz CT molecular complexity index is 508. The highest BCUT2D eigenvalue weighted by molar-refractivity contribution is 9.10. The molecular formula is C11H12BrN3. The van der Waals surface area contributed by atoms with E-state index in [-0.39, 0.29) is 0 Å². The minimum absolute atomic E-state index is 0.600. The molecule has 0 aliphatic heterocycles. The first-order chi connectivity index (χ1) is 7.22. The number of hydrogen-bond acceptors (Lipinski definition) is 2. The molecule has 0 saturated carbocycles.